The van der Waals surface area contributed by atoms with Gasteiger partial charge >= 0.3 is 0 Å². The third kappa shape index (κ3) is 3.69. The van der Waals surface area contributed by atoms with Gasteiger partial charge in [-0.05, 0) is 65.5 Å². The highest BCUT2D eigenvalue weighted by Gasteiger charge is 2.34. The molecule has 2 fully saturated rings. The number of likely N-dealkylation sites (tertiary alicyclic amines) is 1. The second kappa shape index (κ2) is 6.71. The van der Waals surface area contributed by atoms with Gasteiger partial charge in [-0.15, -0.1) is 0 Å². The van der Waals surface area contributed by atoms with Gasteiger partial charge in [0.1, 0.15) is 0 Å². The average molecular weight is 267 g/mol. The first kappa shape index (κ1) is 14.8. The van der Waals surface area contributed by atoms with Crippen LogP contribution in [-0.4, -0.2) is 48.6 Å². The number of nitrogens with one attached hydrogen (secondary N) is 2. The molecule has 4 atom stereocenters. The lowest BCUT2D eigenvalue weighted by Crippen LogP contribution is -2.50. The fourth-order valence-electron chi connectivity index (χ4n) is 3.60. The van der Waals surface area contributed by atoms with Crippen molar-refractivity contribution in [3.05, 3.63) is 0 Å². The third-order valence-electron chi connectivity index (χ3n) is 4.81. The van der Waals surface area contributed by atoms with Gasteiger partial charge in [0.15, 0.2) is 0 Å². The van der Waals surface area contributed by atoms with E-state index in [1.54, 1.807) is 0 Å². The maximum Gasteiger partial charge on any atom is 0.237 e. The lowest BCUT2D eigenvalue weighted by atomic mass is 9.99. The molecule has 2 N–H and O–H groups in total. The SMILES string of the molecule is CC1CCC(C)N1C(C)C(=O)NCC1CCCNC1. The lowest BCUT2D eigenvalue weighted by Gasteiger charge is -2.32. The predicted molar refractivity (Wildman–Crippen MR) is 78.1 cm³/mol. The standard InChI is InChI=1S/C15H29N3O/c1-11-6-7-12(2)18(11)13(3)15(19)17-10-14-5-4-8-16-9-14/h11-14,16H,4-10H2,1-3H3,(H,17,19). The zero-order valence-corrected chi connectivity index (χ0v) is 12.6. The molecule has 2 saturated heterocycles. The number of carbonyl (C=O) groups is 1. The molecule has 4 nitrogen and oxygen atoms in total. The molecular weight excluding hydrogens is 238 g/mol. The first-order valence-electron chi connectivity index (χ1n) is 7.85. The summed E-state index contributed by atoms with van der Waals surface area (Å²) in [6.07, 6.45) is 4.89. The minimum absolute atomic E-state index is 0.00375. The van der Waals surface area contributed by atoms with Crippen molar-refractivity contribution in [1.82, 2.24) is 15.5 Å². The Kier molecular flexibility index (Phi) is 5.22. The van der Waals surface area contributed by atoms with Gasteiger partial charge < -0.3 is 10.6 Å². The molecule has 0 aromatic heterocycles. The second-order valence-electron chi connectivity index (χ2n) is 6.36. The minimum Gasteiger partial charge on any atom is -0.354 e. The lowest BCUT2D eigenvalue weighted by molar-refractivity contribution is -0.127. The van der Waals surface area contributed by atoms with Crippen LogP contribution in [0.2, 0.25) is 0 Å². The summed E-state index contributed by atoms with van der Waals surface area (Å²) in [7, 11) is 0. The molecule has 2 rings (SSSR count). The highest BCUT2D eigenvalue weighted by atomic mass is 16.2. The van der Waals surface area contributed by atoms with E-state index < -0.39 is 0 Å². The smallest absolute Gasteiger partial charge is 0.237 e. The molecule has 110 valence electrons. The highest BCUT2D eigenvalue weighted by molar-refractivity contribution is 5.81. The van der Waals surface area contributed by atoms with Crippen molar-refractivity contribution >= 4 is 5.91 Å². The molecule has 19 heavy (non-hydrogen) atoms. The molecule has 2 aliphatic heterocycles. The van der Waals surface area contributed by atoms with Crippen molar-refractivity contribution in [2.24, 2.45) is 5.92 Å². The summed E-state index contributed by atoms with van der Waals surface area (Å²) in [5, 5.41) is 6.54. The predicted octanol–water partition coefficient (Wildman–Crippen LogP) is 1.36. The van der Waals surface area contributed by atoms with E-state index in [0.717, 1.165) is 19.6 Å². The van der Waals surface area contributed by atoms with Crippen molar-refractivity contribution in [3.8, 4) is 0 Å². The molecule has 0 aromatic rings. The van der Waals surface area contributed by atoms with Gasteiger partial charge in [-0.25, -0.2) is 0 Å². The fraction of sp³-hybridized carbons (Fsp3) is 0.933. The van der Waals surface area contributed by atoms with Crippen LogP contribution in [0.25, 0.3) is 0 Å². The molecule has 0 bridgehead atoms. The van der Waals surface area contributed by atoms with Crippen LogP contribution in [0.5, 0.6) is 0 Å². The summed E-state index contributed by atoms with van der Waals surface area (Å²) in [6.45, 7) is 9.52. The number of nitrogens with zero attached hydrogens (tertiary/aromatic N) is 1. The zero-order chi connectivity index (χ0) is 13.8. The summed E-state index contributed by atoms with van der Waals surface area (Å²) in [6, 6.07) is 1.07. The molecule has 2 heterocycles. The van der Waals surface area contributed by atoms with Gasteiger partial charge in [-0.2, -0.15) is 0 Å². The van der Waals surface area contributed by atoms with Crippen LogP contribution in [0.1, 0.15) is 46.5 Å². The summed E-state index contributed by atoms with van der Waals surface area (Å²) in [5.74, 6) is 0.810. The Balaban J connectivity index is 1.78. The van der Waals surface area contributed by atoms with Crippen molar-refractivity contribution in [3.63, 3.8) is 0 Å². The summed E-state index contributed by atoms with van der Waals surface area (Å²) in [4.78, 5) is 14.7. The number of rotatable bonds is 4. The van der Waals surface area contributed by atoms with E-state index in [1.165, 1.54) is 25.7 Å². The van der Waals surface area contributed by atoms with Crippen LogP contribution in [0, 0.1) is 5.92 Å². The molecule has 0 radical (unpaired) electrons. The number of carbonyl (C=O) groups excluding carboxylic acids is 1. The normalized spacial score (nSPS) is 34.2. The van der Waals surface area contributed by atoms with E-state index in [-0.39, 0.29) is 11.9 Å². The molecular formula is C15H29N3O. The van der Waals surface area contributed by atoms with E-state index in [2.05, 4.69) is 29.4 Å². The van der Waals surface area contributed by atoms with Crippen LogP contribution in [0.15, 0.2) is 0 Å². The Morgan fingerprint density at radius 2 is 2.00 bits per heavy atom. The van der Waals surface area contributed by atoms with Gasteiger partial charge in [0.25, 0.3) is 0 Å². The van der Waals surface area contributed by atoms with Gasteiger partial charge in [0.2, 0.25) is 5.91 Å². The second-order valence-corrected chi connectivity index (χ2v) is 6.36. The summed E-state index contributed by atoms with van der Waals surface area (Å²) < 4.78 is 0. The number of piperidine rings is 1. The molecule has 4 heteroatoms. The van der Waals surface area contributed by atoms with Crippen LogP contribution < -0.4 is 10.6 Å². The molecule has 0 aliphatic carbocycles. The topological polar surface area (TPSA) is 44.4 Å². The average Bonchev–Trinajstić information content (AvgIpc) is 2.76. The number of hydrogen-bond donors (Lipinski definition) is 2. The van der Waals surface area contributed by atoms with Crippen LogP contribution in [0.3, 0.4) is 0 Å². The van der Waals surface area contributed by atoms with E-state index in [1.807, 2.05) is 6.92 Å². The molecule has 2 aliphatic rings. The van der Waals surface area contributed by atoms with E-state index in [0.29, 0.717) is 18.0 Å². The Hall–Kier alpha value is -0.610. The molecule has 0 aromatic carbocycles. The maximum atomic E-state index is 12.3. The van der Waals surface area contributed by atoms with Gasteiger partial charge in [0.05, 0.1) is 6.04 Å². The number of hydrogen-bond acceptors (Lipinski definition) is 3. The minimum atomic E-state index is 0.00375. The molecule has 4 unspecified atom stereocenters. The van der Waals surface area contributed by atoms with Crippen molar-refractivity contribution in [2.45, 2.75) is 64.6 Å². The van der Waals surface area contributed by atoms with Crippen LogP contribution in [-0.2, 0) is 4.79 Å². The van der Waals surface area contributed by atoms with Gasteiger partial charge in [0, 0.05) is 18.6 Å². The largest absolute Gasteiger partial charge is 0.354 e. The quantitative estimate of drug-likeness (QED) is 0.808. The van der Waals surface area contributed by atoms with Crippen molar-refractivity contribution < 1.29 is 4.79 Å². The first-order valence-corrected chi connectivity index (χ1v) is 7.85. The van der Waals surface area contributed by atoms with Gasteiger partial charge in [-0.3, -0.25) is 9.69 Å². The Labute approximate surface area is 117 Å². The Morgan fingerprint density at radius 3 is 2.58 bits per heavy atom. The molecule has 1 amide bonds. The maximum absolute atomic E-state index is 12.3. The van der Waals surface area contributed by atoms with Crippen LogP contribution in [0.4, 0.5) is 0 Å². The van der Waals surface area contributed by atoms with E-state index in [9.17, 15) is 4.79 Å². The first-order chi connectivity index (χ1) is 9.09. The highest BCUT2D eigenvalue weighted by Crippen LogP contribution is 2.25. The monoisotopic (exact) mass is 267 g/mol. The van der Waals surface area contributed by atoms with Gasteiger partial charge in [-0.1, -0.05) is 0 Å². The third-order valence-corrected chi connectivity index (χ3v) is 4.81. The van der Waals surface area contributed by atoms with Crippen LogP contribution >= 0.6 is 0 Å². The van der Waals surface area contributed by atoms with Crippen molar-refractivity contribution in [1.29, 1.82) is 0 Å². The van der Waals surface area contributed by atoms with E-state index in [4.69, 9.17) is 0 Å². The summed E-state index contributed by atoms with van der Waals surface area (Å²) in [5.41, 5.74) is 0. The van der Waals surface area contributed by atoms with E-state index >= 15 is 0 Å². The molecule has 0 spiro atoms. The Morgan fingerprint density at radius 1 is 1.32 bits per heavy atom. The fourth-order valence-corrected chi connectivity index (χ4v) is 3.60. The summed E-state index contributed by atoms with van der Waals surface area (Å²) >= 11 is 0. The Bertz CT molecular complexity index is 292. The van der Waals surface area contributed by atoms with Crippen molar-refractivity contribution in [2.75, 3.05) is 19.6 Å². The molecule has 0 saturated carbocycles. The zero-order valence-electron chi connectivity index (χ0n) is 12.6. The number of amides is 1.